The van der Waals surface area contributed by atoms with Crippen molar-refractivity contribution in [2.24, 2.45) is 0 Å². The molecule has 0 atom stereocenters. The topological polar surface area (TPSA) is 82.2 Å². The molecule has 11 heteroatoms. The van der Waals surface area contributed by atoms with E-state index < -0.39 is 17.6 Å². The molecule has 0 unspecified atom stereocenters. The molecule has 0 bridgehead atoms. The summed E-state index contributed by atoms with van der Waals surface area (Å²) in [6, 6.07) is 25.5. The molecule has 1 heterocycles. The molecule has 1 fully saturated rings. The lowest BCUT2D eigenvalue weighted by molar-refractivity contribution is -0.137. The van der Waals surface area contributed by atoms with E-state index >= 15 is 0 Å². The lowest BCUT2D eigenvalue weighted by Gasteiger charge is -2.28. The fraction of sp³-hybridized carbons (Fsp3) is 0.250. The van der Waals surface area contributed by atoms with Crippen molar-refractivity contribution in [3.63, 3.8) is 0 Å². The highest BCUT2D eigenvalue weighted by Crippen LogP contribution is 2.30. The highest BCUT2D eigenvalue weighted by Gasteiger charge is 2.30. The number of amides is 3. The van der Waals surface area contributed by atoms with Gasteiger partial charge in [0.1, 0.15) is 5.75 Å². The smallest absolute Gasteiger partial charge is 0.416 e. The van der Waals surface area contributed by atoms with Crippen LogP contribution in [0.2, 0.25) is 0 Å². The predicted molar refractivity (Wildman–Crippen MR) is 174 cm³/mol. The quantitative estimate of drug-likeness (QED) is 0.234. The van der Waals surface area contributed by atoms with Crippen LogP contribution in [0.3, 0.4) is 0 Å². The SMILES string of the molecule is COc1ccc(C(=O)N2CCCN(c3ccc(NC(=O)c4ccc(C(F)(F)F)cc4)cc3C(=O)N(C)Cc3ccccc3)CC2)cc1. The second-order valence-corrected chi connectivity index (χ2v) is 11.3. The molecule has 3 amide bonds. The van der Waals surface area contributed by atoms with Gasteiger partial charge in [-0.1, -0.05) is 30.3 Å². The maximum atomic E-state index is 14.0. The van der Waals surface area contributed by atoms with Crippen molar-refractivity contribution in [3.8, 4) is 5.75 Å². The zero-order chi connectivity index (χ0) is 33.6. The van der Waals surface area contributed by atoms with Crippen LogP contribution in [-0.4, -0.2) is 67.9 Å². The molecule has 0 saturated carbocycles. The van der Waals surface area contributed by atoms with Crippen LogP contribution < -0.4 is 15.0 Å². The average molecular weight is 645 g/mol. The Morgan fingerprint density at radius 1 is 0.830 bits per heavy atom. The molecule has 0 aliphatic carbocycles. The first kappa shape index (κ1) is 33.1. The third-order valence-electron chi connectivity index (χ3n) is 8.03. The Bertz CT molecular complexity index is 1710. The Morgan fingerprint density at radius 3 is 2.17 bits per heavy atom. The summed E-state index contributed by atoms with van der Waals surface area (Å²) < 4.78 is 44.2. The van der Waals surface area contributed by atoms with Gasteiger partial charge in [0.15, 0.2) is 0 Å². The van der Waals surface area contributed by atoms with Crippen LogP contribution in [0.5, 0.6) is 5.75 Å². The van der Waals surface area contributed by atoms with Crippen molar-refractivity contribution in [2.45, 2.75) is 19.1 Å². The number of hydrogen-bond donors (Lipinski definition) is 1. The summed E-state index contributed by atoms with van der Waals surface area (Å²) >= 11 is 0. The van der Waals surface area contributed by atoms with Gasteiger partial charge in [0.25, 0.3) is 17.7 Å². The van der Waals surface area contributed by atoms with E-state index in [2.05, 4.69) is 10.2 Å². The number of benzene rings is 4. The Labute approximate surface area is 271 Å². The Hall–Kier alpha value is -5.32. The third-order valence-corrected chi connectivity index (χ3v) is 8.03. The Morgan fingerprint density at radius 2 is 1.51 bits per heavy atom. The molecule has 0 spiro atoms. The monoisotopic (exact) mass is 644 g/mol. The molecule has 0 radical (unpaired) electrons. The zero-order valence-electron chi connectivity index (χ0n) is 26.1. The predicted octanol–water partition coefficient (Wildman–Crippen LogP) is 6.59. The van der Waals surface area contributed by atoms with Gasteiger partial charge < -0.3 is 24.8 Å². The maximum Gasteiger partial charge on any atom is 0.416 e. The van der Waals surface area contributed by atoms with E-state index in [1.54, 1.807) is 66.4 Å². The van der Waals surface area contributed by atoms with Crippen LogP contribution in [0.4, 0.5) is 24.5 Å². The second-order valence-electron chi connectivity index (χ2n) is 11.3. The van der Waals surface area contributed by atoms with E-state index in [4.69, 9.17) is 4.74 Å². The molecule has 5 rings (SSSR count). The minimum atomic E-state index is -4.51. The first-order valence-corrected chi connectivity index (χ1v) is 15.1. The number of halogens is 3. The second kappa shape index (κ2) is 14.4. The number of alkyl halides is 3. The van der Waals surface area contributed by atoms with Crippen molar-refractivity contribution in [3.05, 3.63) is 125 Å². The van der Waals surface area contributed by atoms with Crippen molar-refractivity contribution >= 4 is 29.1 Å². The van der Waals surface area contributed by atoms with Crippen LogP contribution >= 0.6 is 0 Å². The number of carbonyl (C=O) groups is 3. The largest absolute Gasteiger partial charge is 0.497 e. The number of carbonyl (C=O) groups excluding carboxylic acids is 3. The van der Waals surface area contributed by atoms with Gasteiger partial charge >= 0.3 is 6.18 Å². The number of hydrogen-bond acceptors (Lipinski definition) is 5. The van der Waals surface area contributed by atoms with Gasteiger partial charge in [-0.05, 0) is 78.7 Å². The highest BCUT2D eigenvalue weighted by molar-refractivity contribution is 6.06. The summed E-state index contributed by atoms with van der Waals surface area (Å²) in [4.78, 5) is 45.6. The van der Waals surface area contributed by atoms with Gasteiger partial charge in [0, 0.05) is 62.3 Å². The summed E-state index contributed by atoms with van der Waals surface area (Å²) in [6.07, 6.45) is -3.85. The number of methoxy groups -OCH3 is 1. The summed E-state index contributed by atoms with van der Waals surface area (Å²) in [5.74, 6) is -0.304. The molecule has 4 aromatic carbocycles. The van der Waals surface area contributed by atoms with Crippen LogP contribution in [0, 0.1) is 0 Å². The molecule has 1 aliphatic heterocycles. The number of anilines is 2. The van der Waals surface area contributed by atoms with Crippen molar-refractivity contribution < 1.29 is 32.3 Å². The lowest BCUT2D eigenvalue weighted by Crippen LogP contribution is -2.36. The summed E-state index contributed by atoms with van der Waals surface area (Å²) in [5, 5.41) is 2.72. The molecular weight excluding hydrogens is 609 g/mol. The average Bonchev–Trinajstić information content (AvgIpc) is 3.34. The molecule has 1 N–H and O–H groups in total. The van der Waals surface area contributed by atoms with E-state index in [0.29, 0.717) is 67.4 Å². The van der Waals surface area contributed by atoms with Crippen molar-refractivity contribution in [2.75, 3.05) is 50.6 Å². The number of ether oxygens (including phenoxy) is 1. The van der Waals surface area contributed by atoms with E-state index in [1.807, 2.05) is 30.3 Å². The fourth-order valence-corrected chi connectivity index (χ4v) is 5.49. The number of rotatable bonds is 8. The minimum absolute atomic E-state index is 0.0466. The van der Waals surface area contributed by atoms with Gasteiger partial charge in [0.2, 0.25) is 0 Å². The zero-order valence-corrected chi connectivity index (χ0v) is 26.1. The summed E-state index contributed by atoms with van der Waals surface area (Å²) in [6.45, 7) is 2.39. The summed E-state index contributed by atoms with van der Waals surface area (Å²) in [5.41, 5.74) is 2.02. The van der Waals surface area contributed by atoms with E-state index in [1.165, 1.54) is 0 Å². The van der Waals surface area contributed by atoms with E-state index in [-0.39, 0.29) is 17.4 Å². The van der Waals surface area contributed by atoms with Crippen LogP contribution in [0.1, 0.15) is 48.6 Å². The molecule has 244 valence electrons. The first-order chi connectivity index (χ1) is 22.5. The number of nitrogens with zero attached hydrogens (tertiary/aromatic N) is 3. The van der Waals surface area contributed by atoms with Crippen molar-refractivity contribution in [1.82, 2.24) is 9.80 Å². The molecule has 1 aliphatic rings. The molecule has 0 aromatic heterocycles. The third kappa shape index (κ3) is 8.10. The molecule has 47 heavy (non-hydrogen) atoms. The standard InChI is InChI=1S/C36H35F3N4O4/c1-41(24-25-7-4-3-5-8-25)35(46)31-23-29(40-33(44)26-9-13-28(14-10-26)36(37,38)39)15-18-32(31)42-19-6-20-43(22-21-42)34(45)27-11-16-30(47-2)17-12-27/h3-5,7-18,23H,6,19-22,24H2,1-2H3,(H,40,44). The molecule has 1 saturated heterocycles. The van der Waals surface area contributed by atoms with Crippen molar-refractivity contribution in [1.29, 1.82) is 0 Å². The van der Waals surface area contributed by atoms with E-state index in [0.717, 1.165) is 29.8 Å². The van der Waals surface area contributed by atoms with Crippen LogP contribution in [-0.2, 0) is 12.7 Å². The normalized spacial score (nSPS) is 13.5. The maximum absolute atomic E-state index is 14.0. The first-order valence-electron chi connectivity index (χ1n) is 15.1. The summed E-state index contributed by atoms with van der Waals surface area (Å²) in [7, 11) is 3.27. The highest BCUT2D eigenvalue weighted by atomic mass is 19.4. The minimum Gasteiger partial charge on any atom is -0.497 e. The lowest BCUT2D eigenvalue weighted by atomic mass is 10.1. The molecule has 8 nitrogen and oxygen atoms in total. The van der Waals surface area contributed by atoms with Gasteiger partial charge in [-0.3, -0.25) is 14.4 Å². The van der Waals surface area contributed by atoms with Gasteiger partial charge in [-0.2, -0.15) is 13.2 Å². The van der Waals surface area contributed by atoms with E-state index in [9.17, 15) is 27.6 Å². The van der Waals surface area contributed by atoms with Gasteiger partial charge in [0.05, 0.1) is 18.2 Å². The van der Waals surface area contributed by atoms with Gasteiger partial charge in [-0.15, -0.1) is 0 Å². The van der Waals surface area contributed by atoms with Crippen LogP contribution in [0.25, 0.3) is 0 Å². The Balaban J connectivity index is 1.38. The fourth-order valence-electron chi connectivity index (χ4n) is 5.49. The Kier molecular flexibility index (Phi) is 10.1. The van der Waals surface area contributed by atoms with Gasteiger partial charge in [-0.25, -0.2) is 0 Å². The molecule has 4 aromatic rings. The van der Waals surface area contributed by atoms with Crippen LogP contribution in [0.15, 0.2) is 97.1 Å². The number of nitrogens with one attached hydrogen (secondary N) is 1. The molecular formula is C36H35F3N4O4.